The highest BCUT2D eigenvalue weighted by atomic mass is 35.5. The van der Waals surface area contributed by atoms with Crippen molar-refractivity contribution in [1.29, 1.82) is 0 Å². The number of pyridine rings is 1. The third-order valence-corrected chi connectivity index (χ3v) is 6.89. The van der Waals surface area contributed by atoms with E-state index in [0.29, 0.717) is 28.5 Å². The molecule has 1 aromatic carbocycles. The molecule has 174 valence electrons. The Bertz CT molecular complexity index is 1310. The Hall–Kier alpha value is -2.72. The van der Waals surface area contributed by atoms with Crippen molar-refractivity contribution in [3.8, 4) is 11.4 Å². The number of halogens is 4. The molecule has 1 atom stereocenters. The fourth-order valence-corrected chi connectivity index (χ4v) is 4.93. The van der Waals surface area contributed by atoms with Crippen LogP contribution in [0.3, 0.4) is 0 Å². The first-order valence-electron chi connectivity index (χ1n) is 9.77. The van der Waals surface area contributed by atoms with Crippen LogP contribution in [0.5, 0.6) is 0 Å². The lowest BCUT2D eigenvalue weighted by Crippen LogP contribution is -2.14. The number of benzene rings is 1. The molecule has 3 aromatic heterocycles. The summed E-state index contributed by atoms with van der Waals surface area (Å²) >= 11 is 5.90. The lowest BCUT2D eigenvalue weighted by atomic mass is 10.2. The monoisotopic (exact) mass is 499 g/mol. The molecule has 4 rings (SSSR count). The number of fused-ring (bicyclic) bond motifs is 1. The van der Waals surface area contributed by atoms with Crippen LogP contribution in [0.25, 0.3) is 17.0 Å². The second-order valence-electron chi connectivity index (χ2n) is 7.04. The topological polar surface area (TPSA) is 94.5 Å². The SMILES string of the molecule is CCOP(=O)(Cc1cn2ccc(-c3noc(C(F)(F)F)n3)cc2n1)NCc1ccc(Cl)cc1. The van der Waals surface area contributed by atoms with E-state index in [4.69, 9.17) is 16.1 Å². The van der Waals surface area contributed by atoms with Crippen molar-refractivity contribution < 1.29 is 26.8 Å². The van der Waals surface area contributed by atoms with Gasteiger partial charge in [0.2, 0.25) is 5.82 Å². The van der Waals surface area contributed by atoms with Gasteiger partial charge in [-0.3, -0.25) is 4.57 Å². The number of hydrogen-bond donors (Lipinski definition) is 1. The van der Waals surface area contributed by atoms with Gasteiger partial charge in [-0.25, -0.2) is 10.1 Å². The summed E-state index contributed by atoms with van der Waals surface area (Å²) in [5, 5.41) is 6.97. The van der Waals surface area contributed by atoms with Crippen LogP contribution in [-0.4, -0.2) is 26.1 Å². The van der Waals surface area contributed by atoms with Crippen LogP contribution in [-0.2, 0) is 28.0 Å². The molecule has 0 amide bonds. The zero-order chi connectivity index (χ0) is 23.6. The van der Waals surface area contributed by atoms with Gasteiger partial charge in [0.1, 0.15) is 5.65 Å². The molecule has 4 aromatic rings. The zero-order valence-corrected chi connectivity index (χ0v) is 18.9. The Morgan fingerprint density at radius 3 is 2.64 bits per heavy atom. The van der Waals surface area contributed by atoms with Crippen LogP contribution in [0.2, 0.25) is 5.02 Å². The maximum Gasteiger partial charge on any atom is 0.471 e. The van der Waals surface area contributed by atoms with Gasteiger partial charge in [0.15, 0.2) is 0 Å². The van der Waals surface area contributed by atoms with Gasteiger partial charge in [0.05, 0.1) is 18.5 Å². The lowest BCUT2D eigenvalue weighted by Gasteiger charge is -2.18. The number of aromatic nitrogens is 4. The van der Waals surface area contributed by atoms with E-state index in [9.17, 15) is 17.7 Å². The maximum absolute atomic E-state index is 13.3. The normalized spacial score (nSPS) is 14.0. The summed E-state index contributed by atoms with van der Waals surface area (Å²) in [6.45, 7) is 2.29. The average molecular weight is 500 g/mol. The molecule has 0 fully saturated rings. The van der Waals surface area contributed by atoms with E-state index in [1.165, 1.54) is 12.1 Å². The highest BCUT2D eigenvalue weighted by Gasteiger charge is 2.38. The molecule has 1 N–H and O–H groups in total. The quantitative estimate of drug-likeness (QED) is 0.316. The largest absolute Gasteiger partial charge is 0.471 e. The van der Waals surface area contributed by atoms with Crippen LogP contribution >= 0.6 is 19.1 Å². The molecule has 0 spiro atoms. The van der Waals surface area contributed by atoms with Crippen molar-refractivity contribution in [3.63, 3.8) is 0 Å². The Labute approximate surface area is 191 Å². The van der Waals surface area contributed by atoms with E-state index in [1.807, 2.05) is 12.1 Å². The first kappa shape index (κ1) is 23.4. The predicted octanol–water partition coefficient (Wildman–Crippen LogP) is 5.58. The van der Waals surface area contributed by atoms with Crippen molar-refractivity contribution >= 4 is 24.8 Å². The second kappa shape index (κ2) is 9.26. The number of alkyl halides is 3. The van der Waals surface area contributed by atoms with Crippen molar-refractivity contribution in [3.05, 3.63) is 71.0 Å². The summed E-state index contributed by atoms with van der Waals surface area (Å²) in [5.74, 6) is -1.63. The van der Waals surface area contributed by atoms with E-state index >= 15 is 0 Å². The summed E-state index contributed by atoms with van der Waals surface area (Å²) in [5.41, 5.74) is 2.09. The molecule has 33 heavy (non-hydrogen) atoms. The van der Waals surface area contributed by atoms with Crippen molar-refractivity contribution in [2.45, 2.75) is 25.8 Å². The van der Waals surface area contributed by atoms with Gasteiger partial charge in [-0.15, -0.1) is 0 Å². The Kier molecular flexibility index (Phi) is 6.58. The molecule has 0 saturated carbocycles. The number of imidazole rings is 1. The smallest absolute Gasteiger partial charge is 0.329 e. The lowest BCUT2D eigenvalue weighted by molar-refractivity contribution is -0.159. The number of rotatable bonds is 8. The van der Waals surface area contributed by atoms with Crippen LogP contribution < -0.4 is 5.09 Å². The second-order valence-corrected chi connectivity index (χ2v) is 9.72. The molecule has 3 heterocycles. The molecule has 0 aliphatic heterocycles. The highest BCUT2D eigenvalue weighted by Crippen LogP contribution is 2.46. The number of hydrogen-bond acceptors (Lipinski definition) is 6. The van der Waals surface area contributed by atoms with Crippen molar-refractivity contribution in [2.24, 2.45) is 0 Å². The molecular weight excluding hydrogens is 482 g/mol. The van der Waals surface area contributed by atoms with Gasteiger partial charge >= 0.3 is 12.1 Å². The minimum atomic E-state index is -4.73. The third-order valence-electron chi connectivity index (χ3n) is 4.58. The number of nitrogens with one attached hydrogen (secondary N) is 1. The maximum atomic E-state index is 13.3. The minimum Gasteiger partial charge on any atom is -0.329 e. The summed E-state index contributed by atoms with van der Waals surface area (Å²) in [4.78, 5) is 7.82. The van der Waals surface area contributed by atoms with Crippen LogP contribution in [0.1, 0.15) is 24.1 Å². The van der Waals surface area contributed by atoms with Gasteiger partial charge in [-0.2, -0.15) is 18.2 Å². The highest BCUT2D eigenvalue weighted by molar-refractivity contribution is 7.56. The average Bonchev–Trinajstić information content (AvgIpc) is 3.40. The van der Waals surface area contributed by atoms with Gasteiger partial charge in [0, 0.05) is 29.5 Å². The zero-order valence-electron chi connectivity index (χ0n) is 17.2. The van der Waals surface area contributed by atoms with Gasteiger partial charge in [-0.1, -0.05) is 28.9 Å². The molecule has 0 saturated heterocycles. The van der Waals surface area contributed by atoms with Crippen molar-refractivity contribution in [2.75, 3.05) is 6.61 Å². The number of nitrogens with zero attached hydrogens (tertiary/aromatic N) is 4. The molecular formula is C20H18ClF3N5O3P. The van der Waals surface area contributed by atoms with E-state index in [1.54, 1.807) is 35.9 Å². The van der Waals surface area contributed by atoms with Crippen LogP contribution in [0, 0.1) is 0 Å². The minimum absolute atomic E-state index is 0.0197. The fourth-order valence-electron chi connectivity index (χ4n) is 3.09. The Balaban J connectivity index is 1.53. The third kappa shape index (κ3) is 5.62. The molecule has 13 heteroatoms. The first-order chi connectivity index (χ1) is 15.6. The standard InChI is InChI=1S/C20H18ClF3N5O3P/c1-2-31-33(30,25-10-13-3-5-15(21)6-4-13)12-16-11-29-8-7-14(9-17(29)26-16)18-27-19(32-28-18)20(22,23)24/h3-9,11H,2,10,12H2,1H3,(H,25,30). The van der Waals surface area contributed by atoms with Crippen LogP contribution in [0.15, 0.2) is 53.3 Å². The van der Waals surface area contributed by atoms with Gasteiger partial charge in [-0.05, 0) is 36.8 Å². The van der Waals surface area contributed by atoms with E-state index in [-0.39, 0.29) is 18.6 Å². The van der Waals surface area contributed by atoms with Crippen molar-refractivity contribution in [1.82, 2.24) is 24.6 Å². The summed E-state index contributed by atoms with van der Waals surface area (Å²) < 4.78 is 63.0. The van der Waals surface area contributed by atoms with E-state index in [0.717, 1.165) is 5.56 Å². The molecule has 0 aliphatic carbocycles. The Morgan fingerprint density at radius 1 is 1.21 bits per heavy atom. The molecule has 8 nitrogen and oxygen atoms in total. The fraction of sp³-hybridized carbons (Fsp3) is 0.250. The molecule has 0 bridgehead atoms. The molecule has 1 unspecified atom stereocenters. The van der Waals surface area contributed by atoms with E-state index < -0.39 is 19.6 Å². The summed E-state index contributed by atoms with van der Waals surface area (Å²) in [6.07, 6.45) is -1.44. The Morgan fingerprint density at radius 2 is 1.97 bits per heavy atom. The molecule has 0 aliphatic rings. The molecule has 0 radical (unpaired) electrons. The van der Waals surface area contributed by atoms with E-state index in [2.05, 4.69) is 24.7 Å². The van der Waals surface area contributed by atoms with Gasteiger partial charge in [0.25, 0.3) is 7.52 Å². The van der Waals surface area contributed by atoms with Gasteiger partial charge < -0.3 is 13.4 Å². The summed E-state index contributed by atoms with van der Waals surface area (Å²) in [6, 6.07) is 10.2. The van der Waals surface area contributed by atoms with Crippen LogP contribution in [0.4, 0.5) is 13.2 Å². The predicted molar refractivity (Wildman–Crippen MR) is 115 cm³/mol. The summed E-state index contributed by atoms with van der Waals surface area (Å²) in [7, 11) is -3.28. The first-order valence-corrected chi connectivity index (χ1v) is 12.0.